The molecule has 1 aromatic rings. The lowest BCUT2D eigenvalue weighted by Crippen LogP contribution is -2.56. The summed E-state index contributed by atoms with van der Waals surface area (Å²) in [4.78, 5) is 40.7. The largest absolute Gasteiger partial charge is 0.495 e. The van der Waals surface area contributed by atoms with Gasteiger partial charge in [-0.3, -0.25) is 9.59 Å². The van der Waals surface area contributed by atoms with Crippen LogP contribution >= 0.6 is 0 Å². The van der Waals surface area contributed by atoms with Crippen molar-refractivity contribution in [3.8, 4) is 5.75 Å². The lowest BCUT2D eigenvalue weighted by Gasteiger charge is -2.56. The van der Waals surface area contributed by atoms with Gasteiger partial charge in [-0.1, -0.05) is 6.07 Å². The number of benzene rings is 1. The van der Waals surface area contributed by atoms with Crippen LogP contribution in [0.5, 0.6) is 5.75 Å². The van der Waals surface area contributed by atoms with Gasteiger partial charge in [0.1, 0.15) is 11.8 Å². The first kappa shape index (κ1) is 23.1. The molecule has 5 aliphatic rings. The summed E-state index contributed by atoms with van der Waals surface area (Å²) in [6.07, 6.45) is 5.74. The number of hydrogen-bond donors (Lipinski definition) is 2. The second-order valence-electron chi connectivity index (χ2n) is 10.9. The number of esters is 1. The van der Waals surface area contributed by atoms with Crippen molar-refractivity contribution >= 4 is 23.5 Å². The number of β-amino-alcohol motifs (C(OH)–C–C–N with tert-alkyl or cyclic N) is 1. The van der Waals surface area contributed by atoms with E-state index < -0.39 is 36.0 Å². The quantitative estimate of drug-likeness (QED) is 0.620. The number of nitrogens with zero attached hydrogens (tertiary/aromatic N) is 1. The van der Waals surface area contributed by atoms with Crippen molar-refractivity contribution in [3.05, 3.63) is 23.8 Å². The third kappa shape index (κ3) is 4.28. The van der Waals surface area contributed by atoms with E-state index in [0.29, 0.717) is 29.2 Å². The molecule has 34 heavy (non-hydrogen) atoms. The van der Waals surface area contributed by atoms with E-state index in [-0.39, 0.29) is 18.9 Å². The zero-order valence-electron chi connectivity index (χ0n) is 19.9. The van der Waals surface area contributed by atoms with Gasteiger partial charge in [-0.2, -0.15) is 0 Å². The Hall–Kier alpha value is -2.61. The van der Waals surface area contributed by atoms with Gasteiger partial charge in [0.25, 0.3) is 5.91 Å². The molecule has 0 radical (unpaired) electrons. The molecule has 0 aromatic heterocycles. The lowest BCUT2D eigenvalue weighted by molar-refractivity contribution is -0.166. The first-order chi connectivity index (χ1) is 16.3. The second-order valence-corrected chi connectivity index (χ2v) is 10.9. The summed E-state index contributed by atoms with van der Waals surface area (Å²) in [6.45, 7) is 1.57. The summed E-state index contributed by atoms with van der Waals surface area (Å²) in [5, 5.41) is 13.0. The monoisotopic (exact) mass is 470 g/mol. The number of carbonyl (C=O) groups excluding carboxylic acids is 3. The standard InChI is InChI=1S/C26H34N2O6/c1-15-3-4-22(33-2)20(5-15)27-23(30)14-34-24(31)21-9-19(29)13-28(21)25(32)26-10-16-6-17(11-26)8-18(7-16)12-26/h3-5,16-19,21,29H,6-14H2,1-2H3,(H,27,30)/t16?,17?,18?,19?,21-,26?/m0/s1. The zero-order chi connectivity index (χ0) is 24.0. The summed E-state index contributed by atoms with van der Waals surface area (Å²) in [7, 11) is 1.52. The first-order valence-corrected chi connectivity index (χ1v) is 12.4. The van der Waals surface area contributed by atoms with Crippen molar-refractivity contribution in [2.24, 2.45) is 23.2 Å². The lowest BCUT2D eigenvalue weighted by atomic mass is 9.49. The number of nitrogens with one attached hydrogen (secondary N) is 1. The molecule has 2 atom stereocenters. The molecule has 4 bridgehead atoms. The Bertz CT molecular complexity index is 956. The van der Waals surface area contributed by atoms with Crippen LogP contribution in [0.3, 0.4) is 0 Å². The fourth-order valence-corrected chi connectivity index (χ4v) is 7.28. The molecule has 4 saturated carbocycles. The van der Waals surface area contributed by atoms with Gasteiger partial charge in [0.05, 0.1) is 24.3 Å². The predicted molar refractivity (Wildman–Crippen MR) is 124 cm³/mol. The molecule has 1 heterocycles. The number of rotatable bonds is 6. The fourth-order valence-electron chi connectivity index (χ4n) is 7.28. The molecule has 1 aromatic carbocycles. The van der Waals surface area contributed by atoms with Crippen LogP contribution < -0.4 is 10.1 Å². The van der Waals surface area contributed by atoms with Gasteiger partial charge in [-0.25, -0.2) is 4.79 Å². The number of aryl methyl sites for hydroxylation is 1. The SMILES string of the molecule is COc1ccc(C)cc1NC(=O)COC(=O)[C@@H]1CC(O)CN1C(=O)C12CC3CC(CC(C3)C1)C2. The van der Waals surface area contributed by atoms with Gasteiger partial charge in [-0.15, -0.1) is 0 Å². The Kier molecular flexibility index (Phi) is 6.04. The highest BCUT2D eigenvalue weighted by atomic mass is 16.5. The normalized spacial score (nSPS) is 33.6. The minimum Gasteiger partial charge on any atom is -0.495 e. The topological polar surface area (TPSA) is 105 Å². The zero-order valence-corrected chi connectivity index (χ0v) is 19.9. The van der Waals surface area contributed by atoms with Crippen LogP contribution in [-0.2, 0) is 19.1 Å². The Morgan fingerprint density at radius 3 is 2.35 bits per heavy atom. The number of aliphatic hydroxyl groups excluding tert-OH is 1. The van der Waals surface area contributed by atoms with E-state index in [0.717, 1.165) is 24.8 Å². The number of carbonyl (C=O) groups is 3. The molecule has 1 aliphatic heterocycles. The van der Waals surface area contributed by atoms with Gasteiger partial charge in [0.2, 0.25) is 5.91 Å². The molecule has 184 valence electrons. The van der Waals surface area contributed by atoms with Crippen molar-refractivity contribution in [2.45, 2.75) is 64.0 Å². The highest BCUT2D eigenvalue weighted by molar-refractivity contribution is 5.95. The molecule has 0 spiro atoms. The van der Waals surface area contributed by atoms with Crippen molar-refractivity contribution in [2.75, 3.05) is 25.6 Å². The maximum atomic E-state index is 13.8. The van der Waals surface area contributed by atoms with E-state index in [1.54, 1.807) is 17.0 Å². The van der Waals surface area contributed by atoms with Gasteiger partial charge in [-0.05, 0) is 80.9 Å². The van der Waals surface area contributed by atoms with Gasteiger partial charge < -0.3 is 24.8 Å². The van der Waals surface area contributed by atoms with Crippen LogP contribution in [0.4, 0.5) is 5.69 Å². The molecule has 8 heteroatoms. The van der Waals surface area contributed by atoms with Crippen LogP contribution in [0.15, 0.2) is 18.2 Å². The average Bonchev–Trinajstić information content (AvgIpc) is 3.18. The van der Waals surface area contributed by atoms with E-state index in [2.05, 4.69) is 5.32 Å². The third-order valence-corrected chi connectivity index (χ3v) is 8.28. The Balaban J connectivity index is 1.22. The summed E-state index contributed by atoms with van der Waals surface area (Å²) in [6, 6.07) is 4.55. The highest BCUT2D eigenvalue weighted by Crippen LogP contribution is 2.60. The van der Waals surface area contributed by atoms with Gasteiger partial charge in [0, 0.05) is 13.0 Å². The third-order valence-electron chi connectivity index (χ3n) is 8.28. The molecule has 1 unspecified atom stereocenters. The van der Waals surface area contributed by atoms with Crippen LogP contribution in [-0.4, -0.2) is 60.2 Å². The number of methoxy groups -OCH3 is 1. The molecular formula is C26H34N2O6. The molecule has 8 nitrogen and oxygen atoms in total. The van der Waals surface area contributed by atoms with Gasteiger partial charge >= 0.3 is 5.97 Å². The van der Waals surface area contributed by atoms with E-state index in [4.69, 9.17) is 9.47 Å². The first-order valence-electron chi connectivity index (χ1n) is 12.4. The molecular weight excluding hydrogens is 436 g/mol. The summed E-state index contributed by atoms with van der Waals surface area (Å²) in [5.41, 5.74) is 1.06. The van der Waals surface area contributed by atoms with Crippen LogP contribution in [0.1, 0.15) is 50.5 Å². The molecule has 6 rings (SSSR count). The molecule has 2 N–H and O–H groups in total. The van der Waals surface area contributed by atoms with E-state index in [1.165, 1.54) is 26.4 Å². The second kappa shape index (κ2) is 8.87. The summed E-state index contributed by atoms with van der Waals surface area (Å²) in [5.74, 6) is 1.20. The van der Waals surface area contributed by atoms with Gasteiger partial charge in [0.15, 0.2) is 6.61 Å². The smallest absolute Gasteiger partial charge is 0.329 e. The van der Waals surface area contributed by atoms with Crippen molar-refractivity contribution in [3.63, 3.8) is 0 Å². The number of aliphatic hydroxyl groups is 1. The Labute approximate surface area is 200 Å². The van der Waals surface area contributed by atoms with E-state index in [9.17, 15) is 19.5 Å². The van der Waals surface area contributed by atoms with Crippen LogP contribution in [0.2, 0.25) is 0 Å². The van der Waals surface area contributed by atoms with Crippen LogP contribution in [0, 0.1) is 30.1 Å². The molecule has 5 fully saturated rings. The average molecular weight is 471 g/mol. The molecule has 1 saturated heterocycles. The maximum absolute atomic E-state index is 13.8. The van der Waals surface area contributed by atoms with E-state index >= 15 is 0 Å². The van der Waals surface area contributed by atoms with Crippen molar-refractivity contribution < 1.29 is 29.0 Å². The van der Waals surface area contributed by atoms with Crippen LogP contribution in [0.25, 0.3) is 0 Å². The highest BCUT2D eigenvalue weighted by Gasteiger charge is 2.57. The minimum absolute atomic E-state index is 0.000881. The maximum Gasteiger partial charge on any atom is 0.329 e. The number of ether oxygens (including phenoxy) is 2. The summed E-state index contributed by atoms with van der Waals surface area (Å²) < 4.78 is 10.6. The van der Waals surface area contributed by atoms with Crippen molar-refractivity contribution in [1.29, 1.82) is 0 Å². The number of likely N-dealkylation sites (tertiary alicyclic amines) is 1. The number of hydrogen-bond acceptors (Lipinski definition) is 6. The fraction of sp³-hybridized carbons (Fsp3) is 0.654. The molecule has 2 amide bonds. The van der Waals surface area contributed by atoms with E-state index in [1.807, 2.05) is 13.0 Å². The Morgan fingerprint density at radius 2 is 1.74 bits per heavy atom. The minimum atomic E-state index is -0.850. The number of amides is 2. The number of anilines is 1. The predicted octanol–water partition coefficient (Wildman–Crippen LogP) is 2.66. The van der Waals surface area contributed by atoms with Crippen molar-refractivity contribution in [1.82, 2.24) is 4.90 Å². The molecule has 4 aliphatic carbocycles. The summed E-state index contributed by atoms with van der Waals surface area (Å²) >= 11 is 0. The Morgan fingerprint density at radius 1 is 1.09 bits per heavy atom.